The topological polar surface area (TPSA) is 82.1 Å². The number of hydrogen-bond acceptors (Lipinski definition) is 6. The first-order valence-corrected chi connectivity index (χ1v) is 11.9. The van der Waals surface area contributed by atoms with Crippen LogP contribution >= 0.6 is 0 Å². The maximum Gasteiger partial charge on any atom is 0.326 e. The third-order valence-electron chi connectivity index (χ3n) is 5.26. The lowest BCUT2D eigenvalue weighted by molar-refractivity contribution is -0.141. The second-order valence-corrected chi connectivity index (χ2v) is 9.33. The highest BCUT2D eigenvalue weighted by atomic mass is 32.2. The molecule has 0 saturated heterocycles. The van der Waals surface area contributed by atoms with E-state index in [2.05, 4.69) is 0 Å². The largest absolute Gasteiger partial charge is 0.496 e. The monoisotopic (exact) mass is 447 g/mol. The van der Waals surface area contributed by atoms with Crippen LogP contribution in [0.3, 0.4) is 0 Å². The smallest absolute Gasteiger partial charge is 0.326 e. The van der Waals surface area contributed by atoms with Gasteiger partial charge in [-0.2, -0.15) is 0 Å². The molecule has 1 fully saturated rings. The number of rotatable bonds is 9. The summed E-state index contributed by atoms with van der Waals surface area (Å²) in [6, 6.07) is 11.4. The van der Waals surface area contributed by atoms with Gasteiger partial charge >= 0.3 is 5.97 Å². The van der Waals surface area contributed by atoms with Crippen molar-refractivity contribution in [1.29, 1.82) is 0 Å². The number of aryl methyl sites for hydroxylation is 1. The normalized spacial score (nSPS) is 14.3. The van der Waals surface area contributed by atoms with Crippen LogP contribution in [0.5, 0.6) is 11.5 Å². The maximum atomic E-state index is 13.4. The van der Waals surface area contributed by atoms with Crippen molar-refractivity contribution in [3.05, 3.63) is 48.0 Å². The molecule has 0 spiro atoms. The number of anilines is 1. The molecule has 0 N–H and O–H groups in total. The van der Waals surface area contributed by atoms with E-state index in [0.717, 1.165) is 30.0 Å². The van der Waals surface area contributed by atoms with Gasteiger partial charge in [0.2, 0.25) is 0 Å². The van der Waals surface area contributed by atoms with Crippen molar-refractivity contribution in [3.63, 3.8) is 0 Å². The van der Waals surface area contributed by atoms with Gasteiger partial charge in [-0.05, 0) is 87.6 Å². The van der Waals surface area contributed by atoms with Crippen molar-refractivity contribution in [2.45, 2.75) is 50.5 Å². The van der Waals surface area contributed by atoms with Crippen LogP contribution in [0.2, 0.25) is 0 Å². The SMILES string of the molecule is CCOC(=O)CN(c1ccc(OC2CCCC2)cc1)S(=O)(=O)c1ccc(OC)c(C)c1. The first-order chi connectivity index (χ1) is 14.8. The number of carbonyl (C=O) groups is 1. The van der Waals surface area contributed by atoms with E-state index >= 15 is 0 Å². The van der Waals surface area contributed by atoms with E-state index < -0.39 is 22.5 Å². The Morgan fingerprint density at radius 2 is 1.77 bits per heavy atom. The van der Waals surface area contributed by atoms with Gasteiger partial charge in [0.25, 0.3) is 10.0 Å². The predicted octanol–water partition coefficient (Wildman–Crippen LogP) is 4.08. The molecule has 1 aliphatic rings. The third kappa shape index (κ3) is 5.50. The van der Waals surface area contributed by atoms with Crippen molar-refractivity contribution in [3.8, 4) is 11.5 Å². The standard InChI is InChI=1S/C23H29NO6S/c1-4-29-23(25)16-24(31(26,27)21-13-14-22(28-3)17(2)15-21)18-9-11-20(12-10-18)30-19-7-5-6-8-19/h9-15,19H,4-8,16H2,1-3H3. The molecule has 0 heterocycles. The van der Waals surface area contributed by atoms with E-state index in [1.165, 1.54) is 19.2 Å². The zero-order valence-corrected chi connectivity index (χ0v) is 19.0. The molecule has 0 unspecified atom stereocenters. The number of sulfonamides is 1. The minimum Gasteiger partial charge on any atom is -0.496 e. The van der Waals surface area contributed by atoms with Crippen molar-refractivity contribution in [2.24, 2.45) is 0 Å². The number of nitrogens with zero attached hydrogens (tertiary/aromatic N) is 1. The van der Waals surface area contributed by atoms with Gasteiger partial charge < -0.3 is 14.2 Å². The lowest BCUT2D eigenvalue weighted by Crippen LogP contribution is -2.36. The molecular weight excluding hydrogens is 418 g/mol. The highest BCUT2D eigenvalue weighted by Crippen LogP contribution is 2.30. The molecule has 1 aliphatic carbocycles. The van der Waals surface area contributed by atoms with Gasteiger partial charge in [0.05, 0.1) is 30.4 Å². The summed E-state index contributed by atoms with van der Waals surface area (Å²) < 4.78 is 44.1. The molecule has 31 heavy (non-hydrogen) atoms. The molecule has 0 aromatic heterocycles. The first kappa shape index (κ1) is 22.9. The summed E-state index contributed by atoms with van der Waals surface area (Å²) in [6.07, 6.45) is 4.59. The fourth-order valence-electron chi connectivity index (χ4n) is 3.67. The molecule has 2 aromatic carbocycles. The fourth-order valence-corrected chi connectivity index (χ4v) is 5.16. The summed E-state index contributed by atoms with van der Waals surface area (Å²) in [7, 11) is -2.49. The zero-order chi connectivity index (χ0) is 22.4. The summed E-state index contributed by atoms with van der Waals surface area (Å²) in [4.78, 5) is 12.3. The fraction of sp³-hybridized carbons (Fsp3) is 0.435. The van der Waals surface area contributed by atoms with Crippen LogP contribution in [0.4, 0.5) is 5.69 Å². The van der Waals surface area contributed by atoms with Gasteiger partial charge in [-0.25, -0.2) is 8.42 Å². The number of esters is 1. The van der Waals surface area contributed by atoms with Crippen LogP contribution in [0.1, 0.15) is 38.2 Å². The molecule has 7 nitrogen and oxygen atoms in total. The van der Waals surface area contributed by atoms with Crippen molar-refractivity contribution in [1.82, 2.24) is 0 Å². The van der Waals surface area contributed by atoms with E-state index in [1.54, 1.807) is 44.2 Å². The van der Waals surface area contributed by atoms with Gasteiger partial charge in [0.1, 0.15) is 18.0 Å². The van der Waals surface area contributed by atoms with Gasteiger partial charge in [0.15, 0.2) is 0 Å². The van der Waals surface area contributed by atoms with E-state index in [1.807, 2.05) is 0 Å². The average Bonchev–Trinajstić information content (AvgIpc) is 3.26. The Balaban J connectivity index is 1.91. The lowest BCUT2D eigenvalue weighted by Gasteiger charge is -2.24. The lowest BCUT2D eigenvalue weighted by atomic mass is 10.2. The molecule has 0 bridgehead atoms. The molecule has 0 atom stereocenters. The van der Waals surface area contributed by atoms with Crippen LogP contribution in [0.25, 0.3) is 0 Å². The maximum absolute atomic E-state index is 13.4. The zero-order valence-electron chi connectivity index (χ0n) is 18.2. The molecule has 0 radical (unpaired) electrons. The number of ether oxygens (including phenoxy) is 3. The highest BCUT2D eigenvalue weighted by molar-refractivity contribution is 7.92. The van der Waals surface area contributed by atoms with Crippen LogP contribution in [-0.2, 0) is 19.6 Å². The molecule has 0 aliphatic heterocycles. The average molecular weight is 448 g/mol. The number of benzene rings is 2. The number of carbonyl (C=O) groups excluding carboxylic acids is 1. The molecule has 168 valence electrons. The Bertz CT molecular complexity index is 997. The second kappa shape index (κ2) is 10.0. The van der Waals surface area contributed by atoms with Gasteiger partial charge in [-0.15, -0.1) is 0 Å². The minimum atomic E-state index is -4.01. The third-order valence-corrected chi connectivity index (χ3v) is 7.03. The van der Waals surface area contributed by atoms with Crippen LogP contribution in [0, 0.1) is 6.92 Å². The van der Waals surface area contributed by atoms with Crippen molar-refractivity contribution < 1.29 is 27.4 Å². The highest BCUT2D eigenvalue weighted by Gasteiger charge is 2.28. The van der Waals surface area contributed by atoms with Gasteiger partial charge in [-0.1, -0.05) is 0 Å². The summed E-state index contributed by atoms with van der Waals surface area (Å²) in [5, 5.41) is 0. The molecule has 2 aromatic rings. The predicted molar refractivity (Wildman–Crippen MR) is 118 cm³/mol. The molecular formula is C23H29NO6S. The minimum absolute atomic E-state index is 0.0707. The molecule has 3 rings (SSSR count). The Hall–Kier alpha value is -2.74. The quantitative estimate of drug-likeness (QED) is 0.539. The first-order valence-electron chi connectivity index (χ1n) is 10.4. The Kier molecular flexibility index (Phi) is 7.43. The summed E-state index contributed by atoms with van der Waals surface area (Å²) >= 11 is 0. The second-order valence-electron chi connectivity index (χ2n) is 7.47. The van der Waals surface area contributed by atoms with Gasteiger partial charge in [0, 0.05) is 0 Å². The van der Waals surface area contributed by atoms with Gasteiger partial charge in [-0.3, -0.25) is 9.10 Å². The Morgan fingerprint density at radius 3 is 2.35 bits per heavy atom. The Morgan fingerprint density at radius 1 is 1.10 bits per heavy atom. The van der Waals surface area contributed by atoms with Crippen molar-refractivity contribution in [2.75, 3.05) is 24.6 Å². The van der Waals surface area contributed by atoms with E-state index in [0.29, 0.717) is 22.7 Å². The van der Waals surface area contributed by atoms with Crippen molar-refractivity contribution >= 4 is 21.7 Å². The Labute approximate surface area is 184 Å². The summed E-state index contributed by atoms with van der Waals surface area (Å²) in [5.41, 5.74) is 1.04. The molecule has 0 amide bonds. The summed E-state index contributed by atoms with van der Waals surface area (Å²) in [5.74, 6) is 0.649. The van der Waals surface area contributed by atoms with Crippen LogP contribution in [0.15, 0.2) is 47.4 Å². The summed E-state index contributed by atoms with van der Waals surface area (Å²) in [6.45, 7) is 3.19. The molecule has 1 saturated carbocycles. The van der Waals surface area contributed by atoms with Crippen LogP contribution < -0.4 is 13.8 Å². The van der Waals surface area contributed by atoms with E-state index in [9.17, 15) is 13.2 Å². The number of methoxy groups -OCH3 is 1. The number of hydrogen-bond donors (Lipinski definition) is 0. The van der Waals surface area contributed by atoms with E-state index in [4.69, 9.17) is 14.2 Å². The molecule has 8 heteroatoms. The van der Waals surface area contributed by atoms with E-state index in [-0.39, 0.29) is 17.6 Å². The van der Waals surface area contributed by atoms with Crippen LogP contribution in [-0.4, -0.2) is 40.8 Å².